The Kier molecular flexibility index (Phi) is 1.92. The van der Waals surface area contributed by atoms with Gasteiger partial charge in [0.15, 0.2) is 0 Å². The molecule has 3 N–H and O–H groups in total. The van der Waals surface area contributed by atoms with E-state index >= 15 is 0 Å². The van der Waals surface area contributed by atoms with Crippen LogP contribution in [0.5, 0.6) is 0 Å². The van der Waals surface area contributed by atoms with E-state index in [1.54, 1.807) is 11.8 Å². The Balaban J connectivity index is 2.51. The van der Waals surface area contributed by atoms with Crippen LogP contribution in [0.15, 0.2) is 0 Å². The molecule has 10 heavy (non-hydrogen) atoms. The van der Waals surface area contributed by atoms with Crippen LogP contribution in [0.1, 0.15) is 13.8 Å². The largest absolute Gasteiger partial charge is 0.368 e. The molecule has 1 fully saturated rings. The van der Waals surface area contributed by atoms with Crippen LogP contribution in [-0.2, 0) is 4.79 Å². The molecule has 0 radical (unpaired) electrons. The second kappa shape index (κ2) is 2.43. The van der Waals surface area contributed by atoms with E-state index < -0.39 is 0 Å². The molecule has 1 rings (SSSR count). The Morgan fingerprint density at radius 2 is 2.40 bits per heavy atom. The Bertz CT molecular complexity index is 158. The maximum Gasteiger partial charge on any atom is 0.235 e. The average Bonchev–Trinajstić information content (AvgIpc) is 2.10. The van der Waals surface area contributed by atoms with Crippen LogP contribution >= 0.6 is 11.8 Å². The summed E-state index contributed by atoms with van der Waals surface area (Å²) in [6.07, 6.45) is 0. The zero-order valence-electron chi connectivity index (χ0n) is 6.18. The first-order valence-electron chi connectivity index (χ1n) is 3.22. The summed E-state index contributed by atoms with van der Waals surface area (Å²) in [6.45, 7) is 4.08. The van der Waals surface area contributed by atoms with E-state index in [-0.39, 0.29) is 16.8 Å². The van der Waals surface area contributed by atoms with Gasteiger partial charge in [-0.1, -0.05) is 0 Å². The van der Waals surface area contributed by atoms with Crippen molar-refractivity contribution in [1.82, 2.24) is 5.32 Å². The van der Waals surface area contributed by atoms with Crippen molar-refractivity contribution in [3.63, 3.8) is 0 Å². The number of thioether (sulfide) groups is 1. The van der Waals surface area contributed by atoms with Crippen LogP contribution in [0.3, 0.4) is 0 Å². The molecule has 1 aliphatic heterocycles. The maximum atomic E-state index is 10.6. The molecule has 1 unspecified atom stereocenters. The molecule has 0 aliphatic carbocycles. The predicted octanol–water partition coefficient (Wildman–Crippen LogP) is -0.0872. The van der Waals surface area contributed by atoms with Crippen LogP contribution < -0.4 is 11.1 Å². The SMILES string of the molecule is CC1(C)NC(C(N)=O)CS1. The van der Waals surface area contributed by atoms with Crippen LogP contribution in [-0.4, -0.2) is 22.6 Å². The molecule has 1 aliphatic rings. The van der Waals surface area contributed by atoms with Crippen LogP contribution in [0.25, 0.3) is 0 Å². The highest BCUT2D eigenvalue weighted by Crippen LogP contribution is 2.28. The third-order valence-electron chi connectivity index (χ3n) is 1.48. The zero-order chi connectivity index (χ0) is 7.78. The smallest absolute Gasteiger partial charge is 0.235 e. The Labute approximate surface area is 64.7 Å². The van der Waals surface area contributed by atoms with Crippen molar-refractivity contribution in [3.05, 3.63) is 0 Å². The highest BCUT2D eigenvalue weighted by Gasteiger charge is 2.33. The van der Waals surface area contributed by atoms with Gasteiger partial charge in [0.25, 0.3) is 0 Å². The summed E-state index contributed by atoms with van der Waals surface area (Å²) in [5.74, 6) is 0.542. The summed E-state index contributed by atoms with van der Waals surface area (Å²) >= 11 is 1.72. The van der Waals surface area contributed by atoms with Crippen molar-refractivity contribution >= 4 is 17.7 Å². The van der Waals surface area contributed by atoms with Crippen molar-refractivity contribution < 1.29 is 4.79 Å². The summed E-state index contributed by atoms with van der Waals surface area (Å²) in [5.41, 5.74) is 5.10. The number of hydrogen-bond acceptors (Lipinski definition) is 3. The molecule has 1 amide bonds. The first-order valence-corrected chi connectivity index (χ1v) is 4.21. The van der Waals surface area contributed by atoms with Crippen molar-refractivity contribution in [2.45, 2.75) is 24.8 Å². The van der Waals surface area contributed by atoms with Crippen LogP contribution in [0.4, 0.5) is 0 Å². The predicted molar refractivity (Wildman–Crippen MR) is 42.7 cm³/mol. The quantitative estimate of drug-likeness (QED) is 0.564. The van der Waals surface area contributed by atoms with Gasteiger partial charge < -0.3 is 5.73 Å². The van der Waals surface area contributed by atoms with Crippen molar-refractivity contribution in [2.75, 3.05) is 5.75 Å². The molecular weight excluding hydrogens is 148 g/mol. The minimum atomic E-state index is -0.252. The molecule has 0 aromatic rings. The fraction of sp³-hybridized carbons (Fsp3) is 0.833. The van der Waals surface area contributed by atoms with Gasteiger partial charge in [-0.25, -0.2) is 0 Å². The lowest BCUT2D eigenvalue weighted by molar-refractivity contribution is -0.119. The molecular formula is C6H12N2OS. The van der Waals surface area contributed by atoms with E-state index in [9.17, 15) is 4.79 Å². The second-order valence-electron chi connectivity index (χ2n) is 2.92. The van der Waals surface area contributed by atoms with Gasteiger partial charge in [-0.05, 0) is 13.8 Å². The first-order chi connectivity index (χ1) is 4.51. The highest BCUT2D eigenvalue weighted by molar-refractivity contribution is 8.00. The van der Waals surface area contributed by atoms with Crippen LogP contribution in [0, 0.1) is 0 Å². The summed E-state index contributed by atoms with van der Waals surface area (Å²) in [4.78, 5) is 10.6. The van der Waals surface area contributed by atoms with Crippen molar-refractivity contribution in [3.8, 4) is 0 Å². The summed E-state index contributed by atoms with van der Waals surface area (Å²) in [7, 11) is 0. The number of nitrogens with one attached hydrogen (secondary N) is 1. The lowest BCUT2D eigenvalue weighted by atomic mass is 10.3. The van der Waals surface area contributed by atoms with Crippen molar-refractivity contribution in [2.24, 2.45) is 5.73 Å². The highest BCUT2D eigenvalue weighted by atomic mass is 32.2. The number of carbonyl (C=O) groups is 1. The molecule has 1 saturated heterocycles. The standard InChI is InChI=1S/C6H12N2OS/c1-6(2)8-4(3-10-6)5(7)9/h4,8H,3H2,1-2H3,(H2,7,9). The van der Waals surface area contributed by atoms with Gasteiger partial charge in [0, 0.05) is 5.75 Å². The van der Waals surface area contributed by atoms with E-state index in [1.165, 1.54) is 0 Å². The van der Waals surface area contributed by atoms with E-state index in [4.69, 9.17) is 5.73 Å². The fourth-order valence-electron chi connectivity index (χ4n) is 0.948. The molecule has 0 aromatic heterocycles. The van der Waals surface area contributed by atoms with Gasteiger partial charge in [-0.2, -0.15) is 0 Å². The van der Waals surface area contributed by atoms with Crippen molar-refractivity contribution in [1.29, 1.82) is 0 Å². The monoisotopic (exact) mass is 160 g/mol. The molecule has 0 bridgehead atoms. The van der Waals surface area contributed by atoms with E-state index in [2.05, 4.69) is 5.32 Å². The second-order valence-corrected chi connectivity index (χ2v) is 4.56. The van der Waals surface area contributed by atoms with Gasteiger partial charge in [0.1, 0.15) is 0 Å². The normalized spacial score (nSPS) is 30.4. The number of primary amides is 1. The van der Waals surface area contributed by atoms with Gasteiger partial charge in [-0.3, -0.25) is 10.1 Å². The minimum absolute atomic E-state index is 0.0136. The maximum absolute atomic E-state index is 10.6. The van der Waals surface area contributed by atoms with Gasteiger partial charge >= 0.3 is 0 Å². The molecule has 1 atom stereocenters. The van der Waals surface area contributed by atoms with E-state index in [0.29, 0.717) is 0 Å². The number of amides is 1. The zero-order valence-corrected chi connectivity index (χ0v) is 6.99. The lowest BCUT2D eigenvalue weighted by Crippen LogP contribution is -2.44. The van der Waals surface area contributed by atoms with Crippen LogP contribution in [0.2, 0.25) is 0 Å². The number of carbonyl (C=O) groups excluding carboxylic acids is 1. The molecule has 3 nitrogen and oxygen atoms in total. The Hall–Kier alpha value is -0.220. The van der Waals surface area contributed by atoms with Gasteiger partial charge in [0.05, 0.1) is 10.9 Å². The lowest BCUT2D eigenvalue weighted by Gasteiger charge is -2.16. The molecule has 1 heterocycles. The first kappa shape index (κ1) is 7.88. The number of hydrogen-bond donors (Lipinski definition) is 2. The van der Waals surface area contributed by atoms with E-state index in [1.807, 2.05) is 13.8 Å². The molecule has 0 spiro atoms. The molecule has 4 heteroatoms. The topological polar surface area (TPSA) is 55.1 Å². The third-order valence-corrected chi connectivity index (χ3v) is 2.82. The summed E-state index contributed by atoms with van der Waals surface area (Å²) in [6, 6.07) is -0.139. The van der Waals surface area contributed by atoms with E-state index in [0.717, 1.165) is 5.75 Å². The summed E-state index contributed by atoms with van der Waals surface area (Å²) in [5, 5.41) is 3.12. The third kappa shape index (κ3) is 1.64. The number of rotatable bonds is 1. The average molecular weight is 160 g/mol. The molecule has 58 valence electrons. The Morgan fingerprint density at radius 3 is 2.60 bits per heavy atom. The van der Waals surface area contributed by atoms with Gasteiger partial charge in [0.2, 0.25) is 5.91 Å². The summed E-state index contributed by atoms with van der Waals surface area (Å²) < 4.78 is 0. The fourth-order valence-corrected chi connectivity index (χ4v) is 2.00. The minimum Gasteiger partial charge on any atom is -0.368 e. The van der Waals surface area contributed by atoms with Gasteiger partial charge in [-0.15, -0.1) is 11.8 Å². The Morgan fingerprint density at radius 1 is 1.80 bits per heavy atom. The number of nitrogens with two attached hydrogens (primary N) is 1. The molecule has 0 aromatic carbocycles. The molecule has 0 saturated carbocycles.